The zero-order chi connectivity index (χ0) is 12.1. The third-order valence-electron chi connectivity index (χ3n) is 2.35. The molecule has 0 amide bonds. The number of esters is 1. The molecule has 0 aromatic carbocycles. The zero-order valence-corrected chi connectivity index (χ0v) is 10.9. The average molecular weight is 215 g/mol. The van der Waals surface area contributed by atoms with Gasteiger partial charge in [-0.3, -0.25) is 4.79 Å². The fourth-order valence-corrected chi connectivity index (χ4v) is 1.70. The molecule has 0 saturated heterocycles. The Labute approximate surface area is 93.6 Å². The van der Waals surface area contributed by atoms with Crippen LogP contribution in [0.4, 0.5) is 0 Å². The van der Waals surface area contributed by atoms with Gasteiger partial charge in [-0.05, 0) is 31.7 Å². The Kier molecular flexibility index (Phi) is 5.88. The molecule has 0 saturated carbocycles. The second-order valence-corrected chi connectivity index (χ2v) is 5.20. The maximum absolute atomic E-state index is 11.7. The molecule has 1 N–H and O–H groups in total. The van der Waals surface area contributed by atoms with E-state index >= 15 is 0 Å². The Morgan fingerprint density at radius 2 is 1.80 bits per heavy atom. The van der Waals surface area contributed by atoms with Crippen LogP contribution in [0.15, 0.2) is 0 Å². The van der Waals surface area contributed by atoms with Gasteiger partial charge in [0.05, 0.1) is 7.11 Å². The highest BCUT2D eigenvalue weighted by Crippen LogP contribution is 2.18. The van der Waals surface area contributed by atoms with Crippen LogP contribution in [0.3, 0.4) is 0 Å². The molecule has 0 radical (unpaired) electrons. The van der Waals surface area contributed by atoms with Gasteiger partial charge in [0.1, 0.15) is 5.54 Å². The first-order valence-corrected chi connectivity index (χ1v) is 5.65. The second-order valence-electron chi connectivity index (χ2n) is 5.20. The molecular weight excluding hydrogens is 190 g/mol. The molecule has 0 fully saturated rings. The van der Waals surface area contributed by atoms with Crippen LogP contribution in [0.25, 0.3) is 0 Å². The fourth-order valence-electron chi connectivity index (χ4n) is 1.70. The van der Waals surface area contributed by atoms with E-state index in [2.05, 4.69) is 33.0 Å². The summed E-state index contributed by atoms with van der Waals surface area (Å²) in [7, 11) is 1.44. The number of ether oxygens (including phenoxy) is 1. The normalized spacial score (nSPS) is 15.5. The van der Waals surface area contributed by atoms with Crippen LogP contribution in [-0.4, -0.2) is 25.2 Å². The molecule has 0 spiro atoms. The van der Waals surface area contributed by atoms with Crippen LogP contribution in [0.1, 0.15) is 41.0 Å². The van der Waals surface area contributed by atoms with E-state index in [1.165, 1.54) is 7.11 Å². The van der Waals surface area contributed by atoms with E-state index in [1.807, 2.05) is 6.92 Å². The maximum atomic E-state index is 11.7. The Hall–Kier alpha value is -0.570. The Morgan fingerprint density at radius 1 is 1.27 bits per heavy atom. The minimum atomic E-state index is -0.548. The van der Waals surface area contributed by atoms with Crippen molar-refractivity contribution in [3.63, 3.8) is 0 Å². The molecule has 0 heterocycles. The maximum Gasteiger partial charge on any atom is 0.325 e. The van der Waals surface area contributed by atoms with Crippen LogP contribution in [0, 0.1) is 11.8 Å². The minimum absolute atomic E-state index is 0.170. The lowest BCUT2D eigenvalue weighted by molar-refractivity contribution is -0.148. The Balaban J connectivity index is 4.47. The predicted octanol–water partition coefficient (Wildman–Crippen LogP) is 2.21. The summed E-state index contributed by atoms with van der Waals surface area (Å²) < 4.78 is 4.85. The van der Waals surface area contributed by atoms with Crippen molar-refractivity contribution in [3.05, 3.63) is 0 Å². The third kappa shape index (κ3) is 5.17. The molecule has 0 aliphatic heterocycles. The van der Waals surface area contributed by atoms with Gasteiger partial charge in [0.15, 0.2) is 0 Å². The zero-order valence-electron chi connectivity index (χ0n) is 10.9. The molecule has 3 heteroatoms. The number of carbonyl (C=O) groups excluding carboxylic acids is 1. The monoisotopic (exact) mass is 215 g/mol. The summed E-state index contributed by atoms with van der Waals surface area (Å²) >= 11 is 0. The summed E-state index contributed by atoms with van der Waals surface area (Å²) in [4.78, 5) is 11.7. The number of nitrogens with one attached hydrogen (secondary N) is 1. The number of carbonyl (C=O) groups is 1. The molecule has 90 valence electrons. The van der Waals surface area contributed by atoms with Crippen molar-refractivity contribution in [1.29, 1.82) is 0 Å². The standard InChI is InChI=1S/C12H25NO2/c1-9(2)7-12(5,11(14)15-6)13-8-10(3)4/h9-10,13H,7-8H2,1-6H3. The molecule has 1 atom stereocenters. The van der Waals surface area contributed by atoms with E-state index in [-0.39, 0.29) is 5.97 Å². The van der Waals surface area contributed by atoms with Crippen LogP contribution < -0.4 is 5.32 Å². The topological polar surface area (TPSA) is 38.3 Å². The number of methoxy groups -OCH3 is 1. The SMILES string of the molecule is COC(=O)C(C)(CC(C)C)NCC(C)C. The van der Waals surface area contributed by atoms with Crippen molar-refractivity contribution in [2.24, 2.45) is 11.8 Å². The molecule has 0 aromatic rings. The van der Waals surface area contributed by atoms with Crippen molar-refractivity contribution < 1.29 is 9.53 Å². The summed E-state index contributed by atoms with van der Waals surface area (Å²) in [6.45, 7) is 11.2. The molecule has 15 heavy (non-hydrogen) atoms. The minimum Gasteiger partial charge on any atom is -0.468 e. The highest BCUT2D eigenvalue weighted by Gasteiger charge is 2.34. The van der Waals surface area contributed by atoms with Crippen molar-refractivity contribution >= 4 is 5.97 Å². The van der Waals surface area contributed by atoms with Crippen LogP contribution in [0.2, 0.25) is 0 Å². The van der Waals surface area contributed by atoms with Gasteiger partial charge in [-0.15, -0.1) is 0 Å². The number of hydrogen-bond donors (Lipinski definition) is 1. The highest BCUT2D eigenvalue weighted by molar-refractivity contribution is 5.80. The Bertz CT molecular complexity index is 202. The lowest BCUT2D eigenvalue weighted by Crippen LogP contribution is -2.52. The van der Waals surface area contributed by atoms with E-state index in [0.717, 1.165) is 13.0 Å². The first kappa shape index (κ1) is 14.4. The van der Waals surface area contributed by atoms with E-state index in [1.54, 1.807) is 0 Å². The van der Waals surface area contributed by atoms with Gasteiger partial charge in [-0.2, -0.15) is 0 Å². The molecule has 0 aliphatic carbocycles. The molecule has 0 bridgehead atoms. The third-order valence-corrected chi connectivity index (χ3v) is 2.35. The lowest BCUT2D eigenvalue weighted by Gasteiger charge is -2.30. The fraction of sp³-hybridized carbons (Fsp3) is 0.917. The molecular formula is C12H25NO2. The van der Waals surface area contributed by atoms with Gasteiger partial charge in [-0.25, -0.2) is 0 Å². The quantitative estimate of drug-likeness (QED) is 0.690. The van der Waals surface area contributed by atoms with Gasteiger partial charge in [-0.1, -0.05) is 27.7 Å². The van der Waals surface area contributed by atoms with E-state index < -0.39 is 5.54 Å². The summed E-state index contributed by atoms with van der Waals surface area (Å²) in [5, 5.41) is 3.30. The van der Waals surface area contributed by atoms with Gasteiger partial charge in [0.25, 0.3) is 0 Å². The highest BCUT2D eigenvalue weighted by atomic mass is 16.5. The van der Waals surface area contributed by atoms with Crippen LogP contribution in [-0.2, 0) is 9.53 Å². The van der Waals surface area contributed by atoms with Crippen molar-refractivity contribution in [2.75, 3.05) is 13.7 Å². The largest absolute Gasteiger partial charge is 0.468 e. The van der Waals surface area contributed by atoms with Gasteiger partial charge in [0, 0.05) is 0 Å². The van der Waals surface area contributed by atoms with Gasteiger partial charge in [0.2, 0.25) is 0 Å². The summed E-state index contributed by atoms with van der Waals surface area (Å²) in [5.41, 5.74) is -0.548. The predicted molar refractivity (Wildman–Crippen MR) is 62.7 cm³/mol. The van der Waals surface area contributed by atoms with Crippen molar-refractivity contribution in [1.82, 2.24) is 5.32 Å². The molecule has 1 unspecified atom stereocenters. The average Bonchev–Trinajstić information content (AvgIpc) is 2.12. The second kappa shape index (κ2) is 6.11. The van der Waals surface area contributed by atoms with Gasteiger partial charge < -0.3 is 10.1 Å². The molecule has 0 aromatic heterocycles. The first-order valence-electron chi connectivity index (χ1n) is 5.65. The van der Waals surface area contributed by atoms with E-state index in [9.17, 15) is 4.79 Å². The van der Waals surface area contributed by atoms with E-state index in [0.29, 0.717) is 11.8 Å². The summed E-state index contributed by atoms with van der Waals surface area (Å²) in [6, 6.07) is 0. The number of rotatable bonds is 6. The molecule has 0 aliphatic rings. The number of hydrogen-bond acceptors (Lipinski definition) is 3. The smallest absolute Gasteiger partial charge is 0.325 e. The Morgan fingerprint density at radius 3 is 2.13 bits per heavy atom. The van der Waals surface area contributed by atoms with Crippen molar-refractivity contribution in [2.45, 2.75) is 46.6 Å². The summed E-state index contributed by atoms with van der Waals surface area (Å²) in [5.74, 6) is 0.826. The lowest BCUT2D eigenvalue weighted by atomic mass is 9.90. The molecule has 3 nitrogen and oxygen atoms in total. The summed E-state index contributed by atoms with van der Waals surface area (Å²) in [6.07, 6.45) is 0.798. The molecule has 0 rings (SSSR count). The van der Waals surface area contributed by atoms with Gasteiger partial charge >= 0.3 is 5.97 Å². The van der Waals surface area contributed by atoms with Crippen molar-refractivity contribution in [3.8, 4) is 0 Å². The van der Waals surface area contributed by atoms with Crippen LogP contribution >= 0.6 is 0 Å². The first-order chi connectivity index (χ1) is 6.81. The van der Waals surface area contributed by atoms with Crippen LogP contribution in [0.5, 0.6) is 0 Å². The van der Waals surface area contributed by atoms with E-state index in [4.69, 9.17) is 4.74 Å².